The lowest BCUT2D eigenvalue weighted by atomic mass is 10.2. The van der Waals surface area contributed by atoms with Crippen LogP contribution in [-0.4, -0.2) is 21.9 Å². The summed E-state index contributed by atoms with van der Waals surface area (Å²) in [5.41, 5.74) is 1.12. The highest BCUT2D eigenvalue weighted by molar-refractivity contribution is 7.98. The lowest BCUT2D eigenvalue weighted by Gasteiger charge is -2.07. The van der Waals surface area contributed by atoms with Crippen molar-refractivity contribution in [1.29, 1.82) is 0 Å². The summed E-state index contributed by atoms with van der Waals surface area (Å²) >= 11 is 3.42. The maximum absolute atomic E-state index is 4.18. The van der Waals surface area contributed by atoms with Gasteiger partial charge in [0.2, 0.25) is 0 Å². The third kappa shape index (κ3) is 4.70. The third-order valence-corrected chi connectivity index (χ3v) is 4.44. The Bertz CT molecular complexity index is 289. The second kappa shape index (κ2) is 7.90. The molecule has 1 aromatic heterocycles. The van der Waals surface area contributed by atoms with E-state index >= 15 is 0 Å². The minimum atomic E-state index is 0.795. The number of nitrogens with one attached hydrogen (secondary N) is 1. The molecule has 0 bridgehead atoms. The Labute approximate surface area is 107 Å². The van der Waals surface area contributed by atoms with Crippen molar-refractivity contribution in [2.45, 2.75) is 39.4 Å². The first-order valence-corrected chi connectivity index (χ1v) is 7.83. The van der Waals surface area contributed by atoms with Gasteiger partial charge in [0.15, 0.2) is 0 Å². The van der Waals surface area contributed by atoms with Crippen molar-refractivity contribution in [1.82, 2.24) is 9.59 Å². The number of rotatable bonds is 8. The number of hydrogen-bond donors (Lipinski definition) is 1. The van der Waals surface area contributed by atoms with Gasteiger partial charge in [-0.3, -0.25) is 0 Å². The Morgan fingerprint density at radius 1 is 1.44 bits per heavy atom. The minimum Gasteiger partial charge on any atom is -0.374 e. The van der Waals surface area contributed by atoms with Crippen LogP contribution < -0.4 is 5.32 Å². The number of hydrogen-bond acceptors (Lipinski definition) is 5. The van der Waals surface area contributed by atoms with E-state index in [9.17, 15) is 0 Å². The molecule has 1 unspecified atom stereocenters. The molecule has 0 aliphatic carbocycles. The molecule has 0 saturated carbocycles. The fourth-order valence-corrected chi connectivity index (χ4v) is 3.00. The number of anilines is 1. The molecule has 0 radical (unpaired) electrons. The van der Waals surface area contributed by atoms with Crippen LogP contribution in [0.25, 0.3) is 0 Å². The standard InChI is InChI=1S/C11H21N3S2/c1-4-6-12-11-10(13-14-16-11)8-15-7-9(3)5-2/h9,12H,4-8H2,1-3H3. The van der Waals surface area contributed by atoms with Crippen LogP contribution in [0, 0.1) is 5.92 Å². The molecule has 0 fully saturated rings. The van der Waals surface area contributed by atoms with Gasteiger partial charge in [0.05, 0.1) is 0 Å². The predicted molar refractivity (Wildman–Crippen MR) is 74.3 cm³/mol. The molecule has 5 heteroatoms. The Hall–Kier alpha value is -0.290. The zero-order valence-corrected chi connectivity index (χ0v) is 12.0. The Balaban J connectivity index is 2.32. The number of aromatic nitrogens is 2. The second-order valence-electron chi connectivity index (χ2n) is 4.00. The molecule has 1 rings (SSSR count). The molecule has 0 saturated heterocycles. The van der Waals surface area contributed by atoms with Gasteiger partial charge in [-0.15, -0.1) is 5.10 Å². The maximum Gasteiger partial charge on any atom is 0.134 e. The normalized spacial score (nSPS) is 12.7. The smallest absolute Gasteiger partial charge is 0.134 e. The first-order valence-electron chi connectivity index (χ1n) is 5.90. The number of thioether (sulfide) groups is 1. The van der Waals surface area contributed by atoms with E-state index in [-0.39, 0.29) is 0 Å². The molecule has 16 heavy (non-hydrogen) atoms. The van der Waals surface area contributed by atoms with E-state index in [4.69, 9.17) is 0 Å². The summed E-state index contributed by atoms with van der Waals surface area (Å²) in [5, 5.41) is 8.70. The van der Waals surface area contributed by atoms with E-state index in [2.05, 4.69) is 35.7 Å². The highest BCUT2D eigenvalue weighted by Gasteiger charge is 2.08. The Morgan fingerprint density at radius 3 is 2.94 bits per heavy atom. The highest BCUT2D eigenvalue weighted by atomic mass is 32.2. The molecule has 1 atom stereocenters. The topological polar surface area (TPSA) is 37.8 Å². The molecule has 1 N–H and O–H groups in total. The largest absolute Gasteiger partial charge is 0.374 e. The first kappa shape index (κ1) is 13.8. The molecule has 92 valence electrons. The van der Waals surface area contributed by atoms with Gasteiger partial charge in [0, 0.05) is 23.8 Å². The summed E-state index contributed by atoms with van der Waals surface area (Å²) in [7, 11) is 0. The second-order valence-corrected chi connectivity index (χ2v) is 5.79. The lowest BCUT2D eigenvalue weighted by molar-refractivity contribution is 0.637. The Kier molecular flexibility index (Phi) is 6.80. The molecule has 0 aliphatic rings. The van der Waals surface area contributed by atoms with Crippen LogP contribution in [0.2, 0.25) is 0 Å². The van der Waals surface area contributed by atoms with Gasteiger partial charge < -0.3 is 5.32 Å². The molecule has 1 heterocycles. The van der Waals surface area contributed by atoms with Crippen molar-refractivity contribution in [3.63, 3.8) is 0 Å². The van der Waals surface area contributed by atoms with Crippen LogP contribution in [0.15, 0.2) is 0 Å². The van der Waals surface area contributed by atoms with Gasteiger partial charge in [-0.25, -0.2) is 0 Å². The van der Waals surface area contributed by atoms with E-state index < -0.39 is 0 Å². The first-order chi connectivity index (χ1) is 7.77. The fraction of sp³-hybridized carbons (Fsp3) is 0.818. The molecule has 0 amide bonds. The van der Waals surface area contributed by atoms with Crippen molar-refractivity contribution < 1.29 is 0 Å². The van der Waals surface area contributed by atoms with Gasteiger partial charge >= 0.3 is 0 Å². The van der Waals surface area contributed by atoms with Crippen molar-refractivity contribution in [2.75, 3.05) is 17.6 Å². The molecule has 0 aliphatic heterocycles. The van der Waals surface area contributed by atoms with Crippen molar-refractivity contribution in [3.05, 3.63) is 5.69 Å². The third-order valence-electron chi connectivity index (χ3n) is 2.43. The van der Waals surface area contributed by atoms with Crippen LogP contribution in [0.4, 0.5) is 5.00 Å². The average Bonchev–Trinajstić information content (AvgIpc) is 2.73. The van der Waals surface area contributed by atoms with Crippen molar-refractivity contribution in [3.8, 4) is 0 Å². The summed E-state index contributed by atoms with van der Waals surface area (Å²) in [4.78, 5) is 0. The minimum absolute atomic E-state index is 0.795. The lowest BCUT2D eigenvalue weighted by Crippen LogP contribution is -2.01. The summed E-state index contributed by atoms with van der Waals surface area (Å²) in [6, 6.07) is 0. The van der Waals surface area contributed by atoms with Gasteiger partial charge in [-0.05, 0) is 18.1 Å². The van der Waals surface area contributed by atoms with Crippen LogP contribution in [0.3, 0.4) is 0 Å². The zero-order valence-electron chi connectivity index (χ0n) is 10.3. The monoisotopic (exact) mass is 259 g/mol. The van der Waals surface area contributed by atoms with Crippen LogP contribution in [0.1, 0.15) is 39.3 Å². The zero-order chi connectivity index (χ0) is 11.8. The van der Waals surface area contributed by atoms with Gasteiger partial charge in [0.1, 0.15) is 10.7 Å². The molecular formula is C11H21N3S2. The van der Waals surface area contributed by atoms with E-state index in [1.807, 2.05) is 11.8 Å². The van der Waals surface area contributed by atoms with Crippen molar-refractivity contribution in [2.24, 2.45) is 5.92 Å². The summed E-state index contributed by atoms with van der Waals surface area (Å²) in [5.74, 6) is 2.98. The van der Waals surface area contributed by atoms with Crippen LogP contribution in [-0.2, 0) is 5.75 Å². The van der Waals surface area contributed by atoms with Crippen LogP contribution in [0.5, 0.6) is 0 Å². The SMILES string of the molecule is CCCNc1snnc1CSCC(C)CC. The fourth-order valence-electron chi connectivity index (χ4n) is 1.15. The quantitative estimate of drug-likeness (QED) is 0.773. The Morgan fingerprint density at radius 2 is 2.25 bits per heavy atom. The van der Waals surface area contributed by atoms with E-state index in [1.54, 1.807) is 0 Å². The molecule has 1 aromatic rings. The summed E-state index contributed by atoms with van der Waals surface area (Å²) in [6.07, 6.45) is 2.39. The molecule has 3 nitrogen and oxygen atoms in total. The van der Waals surface area contributed by atoms with E-state index in [0.717, 1.165) is 35.3 Å². The molecule has 0 spiro atoms. The van der Waals surface area contributed by atoms with Gasteiger partial charge in [-0.2, -0.15) is 11.8 Å². The maximum atomic E-state index is 4.18. The molecular weight excluding hydrogens is 238 g/mol. The highest BCUT2D eigenvalue weighted by Crippen LogP contribution is 2.23. The predicted octanol–water partition coefficient (Wildman–Crippen LogP) is 3.64. The number of nitrogens with zero attached hydrogens (tertiary/aromatic N) is 2. The summed E-state index contributed by atoms with van der Waals surface area (Å²) < 4.78 is 4.01. The van der Waals surface area contributed by atoms with Gasteiger partial charge in [0.25, 0.3) is 0 Å². The van der Waals surface area contributed by atoms with Crippen LogP contribution >= 0.6 is 23.3 Å². The van der Waals surface area contributed by atoms with E-state index in [1.165, 1.54) is 23.7 Å². The van der Waals surface area contributed by atoms with E-state index in [0.29, 0.717) is 0 Å². The summed E-state index contributed by atoms with van der Waals surface area (Å²) in [6.45, 7) is 7.71. The molecule has 0 aromatic carbocycles. The van der Waals surface area contributed by atoms with Crippen molar-refractivity contribution >= 4 is 28.3 Å². The average molecular weight is 259 g/mol. The van der Waals surface area contributed by atoms with Gasteiger partial charge in [-0.1, -0.05) is 31.7 Å².